The summed E-state index contributed by atoms with van der Waals surface area (Å²) in [5, 5.41) is 9.83. The van der Waals surface area contributed by atoms with E-state index in [-0.39, 0.29) is 34.9 Å². The van der Waals surface area contributed by atoms with E-state index in [1.165, 1.54) is 13.8 Å². The number of carbonyl (C=O) groups excluding carboxylic acids is 2. The molecule has 8 nitrogen and oxygen atoms in total. The number of ketones is 2. The highest BCUT2D eigenvalue weighted by Gasteiger charge is 2.35. The van der Waals surface area contributed by atoms with E-state index in [0.29, 0.717) is 41.6 Å². The lowest BCUT2D eigenvalue weighted by Crippen LogP contribution is -2.35. The lowest BCUT2D eigenvalue weighted by Gasteiger charge is -2.25. The van der Waals surface area contributed by atoms with Crippen LogP contribution in [0.25, 0.3) is 22.1 Å². The number of rotatable bonds is 5. The Labute approximate surface area is 221 Å². The second-order valence-electron chi connectivity index (χ2n) is 7.85. The number of allylic oxidation sites excluding steroid dienone is 3. The summed E-state index contributed by atoms with van der Waals surface area (Å²) in [6.45, 7) is 4.17. The lowest BCUT2D eigenvalue weighted by molar-refractivity contribution is -0.117. The number of nitrogens with zero attached hydrogens (tertiary/aromatic N) is 2. The van der Waals surface area contributed by atoms with Gasteiger partial charge in [-0.15, -0.1) is 0 Å². The van der Waals surface area contributed by atoms with Crippen LogP contribution in [-0.2, 0) is 14.3 Å². The monoisotopic (exact) mass is 622 g/mol. The average molecular weight is 625 g/mol. The zero-order valence-corrected chi connectivity index (χ0v) is 22.5. The molecule has 0 bridgehead atoms. The molecule has 1 aliphatic rings. The van der Waals surface area contributed by atoms with E-state index in [1.807, 2.05) is 0 Å². The third-order valence-electron chi connectivity index (χ3n) is 5.71. The molecule has 1 N–H and O–H groups in total. The fraction of sp³-hybridized carbons (Fsp3) is 0.208. The van der Waals surface area contributed by atoms with E-state index in [4.69, 9.17) is 21.1 Å². The van der Waals surface area contributed by atoms with Crippen LogP contribution in [0.2, 0.25) is 5.02 Å². The summed E-state index contributed by atoms with van der Waals surface area (Å²) in [5.41, 5.74) is 2.64. The van der Waals surface area contributed by atoms with Crippen molar-refractivity contribution in [3.8, 4) is 5.75 Å². The third-order valence-corrected chi connectivity index (χ3v) is 7.14. The summed E-state index contributed by atoms with van der Waals surface area (Å²) >= 11 is 13.0. The molecule has 3 aromatic rings. The number of hydrogen-bond acceptors (Lipinski definition) is 7. The Balaban J connectivity index is 1.78. The van der Waals surface area contributed by atoms with E-state index in [1.54, 1.807) is 31.2 Å². The minimum absolute atomic E-state index is 0.0517. The minimum Gasteiger partial charge on any atom is -0.486 e. The topological polar surface area (TPSA) is 116 Å². The maximum absolute atomic E-state index is 13.0. The fourth-order valence-electron chi connectivity index (χ4n) is 3.81. The second kappa shape index (κ2) is 9.67. The van der Waals surface area contributed by atoms with Crippen LogP contribution < -0.4 is 4.74 Å². The molecule has 2 aromatic carbocycles. The van der Waals surface area contributed by atoms with Gasteiger partial charge in [0.2, 0.25) is 0 Å². The summed E-state index contributed by atoms with van der Waals surface area (Å²) in [4.78, 5) is 46.3. The van der Waals surface area contributed by atoms with E-state index in [0.717, 1.165) is 0 Å². The molecule has 11 heteroatoms. The predicted molar refractivity (Wildman–Crippen MR) is 137 cm³/mol. The van der Waals surface area contributed by atoms with Gasteiger partial charge in [-0.1, -0.05) is 11.6 Å². The molecule has 1 unspecified atom stereocenters. The Bertz CT molecular complexity index is 1520. The molecule has 0 saturated carbocycles. The molecule has 180 valence electrons. The van der Waals surface area contributed by atoms with Gasteiger partial charge in [-0.3, -0.25) is 9.59 Å². The standard InChI is InChI=1S/C24H17Br2ClN2O6/c1-9-10(2)22(31)18(11(3)21(9)30)17(35-24(32)33)8-34-23-14(26)7-13(25)19-20(23)28-15-5-4-12(27)6-16(15)29-19/h4-7,17H,8H2,1-3H3,(H,32,33). The molecular weight excluding hydrogens is 608 g/mol. The first-order chi connectivity index (χ1) is 16.5. The molecule has 35 heavy (non-hydrogen) atoms. The van der Waals surface area contributed by atoms with Crippen molar-refractivity contribution < 1.29 is 29.0 Å². The number of benzene rings is 2. The van der Waals surface area contributed by atoms with Gasteiger partial charge in [0.1, 0.15) is 17.6 Å². The molecule has 1 heterocycles. The normalized spacial score (nSPS) is 15.3. The van der Waals surface area contributed by atoms with Crippen LogP contribution in [0.4, 0.5) is 4.79 Å². The van der Waals surface area contributed by atoms with Crippen LogP contribution in [0.15, 0.2) is 55.5 Å². The molecule has 1 aromatic heterocycles. The lowest BCUT2D eigenvalue weighted by atomic mass is 9.83. The van der Waals surface area contributed by atoms with Gasteiger partial charge in [0.05, 0.1) is 21.1 Å². The highest BCUT2D eigenvalue weighted by Crippen LogP contribution is 2.38. The molecule has 0 saturated heterocycles. The van der Waals surface area contributed by atoms with Crippen LogP contribution in [0, 0.1) is 0 Å². The second-order valence-corrected chi connectivity index (χ2v) is 10.00. The summed E-state index contributed by atoms with van der Waals surface area (Å²) in [6.07, 6.45) is -2.95. The van der Waals surface area contributed by atoms with Crippen molar-refractivity contribution in [3.05, 3.63) is 60.5 Å². The zero-order chi connectivity index (χ0) is 25.6. The smallest absolute Gasteiger partial charge is 0.486 e. The Hall–Kier alpha value is -2.82. The molecule has 0 fully saturated rings. The molecule has 0 amide bonds. The Morgan fingerprint density at radius 1 is 0.971 bits per heavy atom. The average Bonchev–Trinajstić information content (AvgIpc) is 2.80. The van der Waals surface area contributed by atoms with Gasteiger partial charge in [0.25, 0.3) is 0 Å². The minimum atomic E-state index is -1.61. The number of fused-ring (bicyclic) bond motifs is 2. The maximum Gasteiger partial charge on any atom is 0.506 e. The van der Waals surface area contributed by atoms with Crippen molar-refractivity contribution in [1.82, 2.24) is 9.97 Å². The van der Waals surface area contributed by atoms with Crippen LogP contribution in [0.3, 0.4) is 0 Å². The Kier molecular flexibility index (Phi) is 6.99. The molecular formula is C24H17Br2ClN2O6. The maximum atomic E-state index is 13.0. The van der Waals surface area contributed by atoms with E-state index in [9.17, 15) is 19.5 Å². The third kappa shape index (κ3) is 4.70. The van der Waals surface area contributed by atoms with Crippen molar-refractivity contribution in [1.29, 1.82) is 0 Å². The Morgan fingerprint density at radius 3 is 2.31 bits per heavy atom. The summed E-state index contributed by atoms with van der Waals surface area (Å²) in [7, 11) is 0. The van der Waals surface area contributed by atoms with Gasteiger partial charge in [-0.25, -0.2) is 14.8 Å². The van der Waals surface area contributed by atoms with Gasteiger partial charge in [-0.2, -0.15) is 0 Å². The number of aromatic nitrogens is 2. The Morgan fingerprint density at radius 2 is 1.63 bits per heavy atom. The van der Waals surface area contributed by atoms with Gasteiger partial charge >= 0.3 is 6.16 Å². The number of Topliss-reactive ketones (excluding diaryl/α,β-unsaturated/α-hetero) is 2. The van der Waals surface area contributed by atoms with E-state index in [2.05, 4.69) is 41.8 Å². The largest absolute Gasteiger partial charge is 0.506 e. The van der Waals surface area contributed by atoms with Crippen molar-refractivity contribution in [2.24, 2.45) is 0 Å². The highest BCUT2D eigenvalue weighted by atomic mass is 79.9. The van der Waals surface area contributed by atoms with Crippen molar-refractivity contribution >= 4 is 83.2 Å². The van der Waals surface area contributed by atoms with Crippen LogP contribution in [-0.4, -0.2) is 45.5 Å². The quantitative estimate of drug-likeness (QED) is 0.203. The SMILES string of the molecule is CC1=C(C)C(=O)C(C(COc2c(Br)cc(Br)c3nc4cc(Cl)ccc4nc23)OC(=O)O)=C(C)C1=O. The van der Waals surface area contributed by atoms with Gasteiger partial charge in [0.15, 0.2) is 23.4 Å². The first kappa shape index (κ1) is 25.3. The van der Waals surface area contributed by atoms with Gasteiger partial charge in [0, 0.05) is 26.2 Å². The molecule has 4 rings (SSSR count). The van der Waals surface area contributed by atoms with E-state index >= 15 is 0 Å². The van der Waals surface area contributed by atoms with Crippen LogP contribution in [0.5, 0.6) is 5.75 Å². The fourth-order valence-corrected chi connectivity index (χ4v) is 5.32. The molecule has 1 atom stereocenters. The molecule has 1 aliphatic carbocycles. The van der Waals surface area contributed by atoms with Crippen LogP contribution in [0.1, 0.15) is 20.8 Å². The molecule has 0 radical (unpaired) electrons. The first-order valence-electron chi connectivity index (χ1n) is 10.2. The molecule has 0 spiro atoms. The first-order valence-corrected chi connectivity index (χ1v) is 12.2. The summed E-state index contributed by atoms with van der Waals surface area (Å²) < 4.78 is 12.1. The number of hydrogen-bond donors (Lipinski definition) is 1. The summed E-state index contributed by atoms with van der Waals surface area (Å²) in [5.74, 6) is -0.540. The van der Waals surface area contributed by atoms with Gasteiger partial charge in [-0.05, 0) is 76.9 Å². The molecule has 0 aliphatic heterocycles. The van der Waals surface area contributed by atoms with Crippen molar-refractivity contribution in [3.63, 3.8) is 0 Å². The van der Waals surface area contributed by atoms with Crippen molar-refractivity contribution in [2.45, 2.75) is 26.9 Å². The number of halogens is 3. The number of carboxylic acid groups (broad SMARTS) is 1. The van der Waals surface area contributed by atoms with Gasteiger partial charge < -0.3 is 14.6 Å². The summed E-state index contributed by atoms with van der Waals surface area (Å²) in [6, 6.07) is 6.81. The van der Waals surface area contributed by atoms with Crippen molar-refractivity contribution in [2.75, 3.05) is 6.61 Å². The van der Waals surface area contributed by atoms with E-state index < -0.39 is 18.0 Å². The predicted octanol–water partition coefficient (Wildman–Crippen LogP) is 6.21. The highest BCUT2D eigenvalue weighted by molar-refractivity contribution is 9.11. The number of carbonyl (C=O) groups is 3. The van der Waals surface area contributed by atoms with Crippen LogP contribution >= 0.6 is 43.5 Å². The number of ether oxygens (including phenoxy) is 2. The zero-order valence-electron chi connectivity index (χ0n) is 18.6.